The summed E-state index contributed by atoms with van der Waals surface area (Å²) < 4.78 is 50.5. The Bertz CT molecular complexity index is 1740. The van der Waals surface area contributed by atoms with Crippen LogP contribution >= 0.6 is 7.60 Å². The van der Waals surface area contributed by atoms with Crippen molar-refractivity contribution < 1.29 is 42.1 Å². The van der Waals surface area contributed by atoms with Gasteiger partial charge in [0.05, 0.1) is 71.1 Å². The predicted octanol–water partition coefficient (Wildman–Crippen LogP) is 6.65. The van der Waals surface area contributed by atoms with Crippen LogP contribution in [0.3, 0.4) is 0 Å². The van der Waals surface area contributed by atoms with Crippen molar-refractivity contribution in [1.82, 2.24) is 9.97 Å². The Labute approximate surface area is 300 Å². The van der Waals surface area contributed by atoms with Crippen LogP contribution in [0.5, 0.6) is 5.75 Å². The van der Waals surface area contributed by atoms with Crippen LogP contribution in [0.2, 0.25) is 0 Å². The molecule has 12 nitrogen and oxygen atoms in total. The molecule has 0 spiro atoms. The Morgan fingerprint density at radius 2 is 1.47 bits per heavy atom. The fourth-order valence-electron chi connectivity index (χ4n) is 5.58. The van der Waals surface area contributed by atoms with Gasteiger partial charge < -0.3 is 38.5 Å². The van der Waals surface area contributed by atoms with Gasteiger partial charge in [-0.15, -0.1) is 0 Å². The van der Waals surface area contributed by atoms with Crippen LogP contribution in [0.15, 0.2) is 48.7 Å². The third-order valence-corrected chi connectivity index (χ3v) is 10.1. The van der Waals surface area contributed by atoms with Crippen molar-refractivity contribution in [1.29, 1.82) is 0 Å². The fourth-order valence-corrected chi connectivity index (χ4v) is 7.06. The van der Waals surface area contributed by atoms with E-state index in [-0.39, 0.29) is 18.7 Å². The summed E-state index contributed by atoms with van der Waals surface area (Å²) in [5, 5.41) is 1.95. The SMILES string of the molecule is CCOC(=O)CCc1ccc2c(c1)nc(N)c1ncc(CCc3ccc(OCCOCCOCCOCCP(=O)(OCC)OCC)cc3C)cc12. The number of aromatic nitrogens is 2. The lowest BCUT2D eigenvalue weighted by atomic mass is 9.99. The molecule has 2 N–H and O–H groups in total. The van der Waals surface area contributed by atoms with Crippen molar-refractivity contribution >= 4 is 41.2 Å². The lowest BCUT2D eigenvalue weighted by molar-refractivity contribution is -0.143. The molecule has 2 aromatic carbocycles. The third kappa shape index (κ3) is 12.8. The maximum absolute atomic E-state index is 12.4. The van der Waals surface area contributed by atoms with Crippen LogP contribution < -0.4 is 10.5 Å². The zero-order valence-corrected chi connectivity index (χ0v) is 31.2. The van der Waals surface area contributed by atoms with Gasteiger partial charge in [-0.25, -0.2) is 4.98 Å². The van der Waals surface area contributed by atoms with Crippen molar-refractivity contribution in [3.8, 4) is 5.75 Å². The van der Waals surface area contributed by atoms with Crippen molar-refractivity contribution in [3.63, 3.8) is 0 Å². The van der Waals surface area contributed by atoms with Crippen molar-refractivity contribution in [2.24, 2.45) is 0 Å². The lowest BCUT2D eigenvalue weighted by Gasteiger charge is -2.16. The van der Waals surface area contributed by atoms with Gasteiger partial charge in [0.25, 0.3) is 0 Å². The molecular formula is C38H52N3O9P. The molecule has 2 aromatic heterocycles. The van der Waals surface area contributed by atoms with Gasteiger partial charge in [0.1, 0.15) is 17.9 Å². The van der Waals surface area contributed by atoms with E-state index in [9.17, 15) is 9.36 Å². The van der Waals surface area contributed by atoms with Crippen LogP contribution in [-0.2, 0) is 56.6 Å². The zero-order valence-electron chi connectivity index (χ0n) is 30.3. The summed E-state index contributed by atoms with van der Waals surface area (Å²) in [7, 11) is -3.07. The minimum absolute atomic E-state index is 0.207. The second kappa shape index (κ2) is 21.0. The highest BCUT2D eigenvalue weighted by Gasteiger charge is 2.22. The molecule has 13 heteroatoms. The molecule has 0 radical (unpaired) electrons. The molecule has 2 heterocycles. The van der Waals surface area contributed by atoms with Crippen molar-refractivity contribution in [2.45, 2.75) is 53.4 Å². The molecule has 0 atom stereocenters. The van der Waals surface area contributed by atoms with E-state index in [1.807, 2.05) is 30.5 Å². The molecule has 278 valence electrons. The number of ether oxygens (including phenoxy) is 5. The van der Waals surface area contributed by atoms with Gasteiger partial charge >= 0.3 is 13.6 Å². The van der Waals surface area contributed by atoms with Crippen molar-refractivity contribution in [3.05, 3.63) is 70.9 Å². The summed E-state index contributed by atoms with van der Waals surface area (Å²) in [6.45, 7) is 11.4. The Balaban J connectivity index is 1.16. The van der Waals surface area contributed by atoms with Crippen LogP contribution in [0.1, 0.15) is 49.4 Å². The number of hydrogen-bond donors (Lipinski definition) is 1. The normalized spacial score (nSPS) is 11.8. The van der Waals surface area contributed by atoms with Crippen LogP contribution in [-0.4, -0.2) is 88.2 Å². The van der Waals surface area contributed by atoms with E-state index in [0.29, 0.717) is 83.6 Å². The first-order chi connectivity index (χ1) is 24.7. The number of nitrogen functional groups attached to an aromatic ring is 1. The summed E-state index contributed by atoms with van der Waals surface area (Å²) >= 11 is 0. The number of esters is 1. The Morgan fingerprint density at radius 1 is 0.765 bits per heavy atom. The van der Waals surface area contributed by atoms with E-state index >= 15 is 0 Å². The number of anilines is 1. The fraction of sp³-hybridized carbons (Fsp3) is 0.500. The maximum Gasteiger partial charge on any atom is 0.332 e. The van der Waals surface area contributed by atoms with E-state index in [1.165, 1.54) is 5.56 Å². The molecule has 0 saturated carbocycles. The first-order valence-electron chi connectivity index (χ1n) is 17.7. The van der Waals surface area contributed by atoms with Crippen LogP contribution in [0, 0.1) is 6.92 Å². The molecule has 4 rings (SSSR count). The topological polar surface area (TPSA) is 151 Å². The van der Waals surface area contributed by atoms with E-state index in [2.05, 4.69) is 35.1 Å². The van der Waals surface area contributed by atoms with Gasteiger partial charge in [0, 0.05) is 23.4 Å². The van der Waals surface area contributed by atoms with Crippen LogP contribution in [0.4, 0.5) is 5.82 Å². The summed E-state index contributed by atoms with van der Waals surface area (Å²) in [5.74, 6) is 0.984. The van der Waals surface area contributed by atoms with Gasteiger partial charge in [-0.05, 0) is 93.5 Å². The summed E-state index contributed by atoms with van der Waals surface area (Å²) in [4.78, 5) is 21.1. The molecular weight excluding hydrogens is 673 g/mol. The summed E-state index contributed by atoms with van der Waals surface area (Å²) in [6, 6.07) is 14.4. The Hall–Kier alpha value is -3.64. The first kappa shape index (κ1) is 40.1. The third-order valence-electron chi connectivity index (χ3n) is 8.10. The van der Waals surface area contributed by atoms with Crippen molar-refractivity contribution in [2.75, 3.05) is 78.0 Å². The largest absolute Gasteiger partial charge is 0.491 e. The standard InChI is InChI=1S/C38H52N3O9P/c1-5-47-36(42)15-10-29-9-14-33-34-25-30(27-40-37(34)38(39)41-35(33)26-29)8-11-31-12-13-32(24-28(31)4)48-21-20-45-17-16-44-18-19-46-22-23-51(43,49-6-2)50-7-3/h9,12-14,24-27H,5-8,10-11,15-23H2,1-4H3,(H2,39,41). The minimum Gasteiger partial charge on any atom is -0.491 e. The highest BCUT2D eigenvalue weighted by molar-refractivity contribution is 7.53. The average Bonchev–Trinajstić information content (AvgIpc) is 3.11. The second-order valence-corrected chi connectivity index (χ2v) is 14.0. The zero-order chi connectivity index (χ0) is 36.5. The van der Waals surface area contributed by atoms with E-state index in [1.54, 1.807) is 20.8 Å². The molecule has 4 aromatic rings. The van der Waals surface area contributed by atoms with Gasteiger partial charge in [-0.3, -0.25) is 14.3 Å². The summed E-state index contributed by atoms with van der Waals surface area (Å²) in [6.07, 6.45) is 4.67. The molecule has 0 aliphatic rings. The molecule has 0 aliphatic heterocycles. The smallest absolute Gasteiger partial charge is 0.332 e. The van der Waals surface area contributed by atoms with E-state index in [4.69, 9.17) is 38.5 Å². The molecule has 0 saturated heterocycles. The Kier molecular flexibility index (Phi) is 16.5. The first-order valence-corrected chi connectivity index (χ1v) is 19.4. The van der Waals surface area contributed by atoms with Gasteiger partial charge in [-0.2, -0.15) is 0 Å². The number of rotatable bonds is 24. The number of pyridine rings is 2. The number of nitrogens with zero attached hydrogens (tertiary/aromatic N) is 2. The Morgan fingerprint density at radius 3 is 2.16 bits per heavy atom. The predicted molar refractivity (Wildman–Crippen MR) is 199 cm³/mol. The second-order valence-electron chi connectivity index (χ2n) is 11.8. The minimum atomic E-state index is -3.07. The number of fused-ring (bicyclic) bond motifs is 3. The van der Waals surface area contributed by atoms with Gasteiger partial charge in [-0.1, -0.05) is 18.2 Å². The van der Waals surface area contributed by atoms with E-state index < -0.39 is 7.60 Å². The lowest BCUT2D eigenvalue weighted by Crippen LogP contribution is -2.14. The average molecular weight is 726 g/mol. The molecule has 51 heavy (non-hydrogen) atoms. The van der Waals surface area contributed by atoms with E-state index in [0.717, 1.165) is 51.6 Å². The molecule has 0 unspecified atom stereocenters. The molecule has 0 fully saturated rings. The highest BCUT2D eigenvalue weighted by Crippen LogP contribution is 2.47. The molecule has 0 bridgehead atoms. The monoisotopic (exact) mass is 725 g/mol. The van der Waals surface area contributed by atoms with Gasteiger partial charge in [0.15, 0.2) is 5.82 Å². The molecule has 0 aliphatic carbocycles. The summed E-state index contributed by atoms with van der Waals surface area (Å²) in [5.41, 5.74) is 12.3. The number of benzene rings is 2. The number of carbonyl (C=O) groups is 1. The number of hydrogen-bond acceptors (Lipinski definition) is 12. The number of nitrogens with two attached hydrogens (primary N) is 1. The highest BCUT2D eigenvalue weighted by atomic mass is 31.2. The van der Waals surface area contributed by atoms with Gasteiger partial charge in [0.2, 0.25) is 0 Å². The van der Waals surface area contributed by atoms with Crippen LogP contribution in [0.25, 0.3) is 21.8 Å². The molecule has 0 amide bonds. The quantitative estimate of drug-likeness (QED) is 0.0357. The number of aryl methyl sites for hydroxylation is 4. The number of carbonyl (C=O) groups excluding carboxylic acids is 1. The maximum atomic E-state index is 12.4.